The lowest BCUT2D eigenvalue weighted by atomic mass is 9.90. The number of likely N-dealkylation sites (tertiary alicyclic amines) is 1. The molecule has 3 aromatic rings. The number of carbonyl (C=O) groups is 1. The highest BCUT2D eigenvalue weighted by molar-refractivity contribution is 6.30. The largest absolute Gasteiger partial charge is 0.489 e. The fourth-order valence-corrected chi connectivity index (χ4v) is 3.98. The Balaban J connectivity index is 1.36. The summed E-state index contributed by atoms with van der Waals surface area (Å²) in [6, 6.07) is 17.7. The molecule has 1 aliphatic heterocycles. The van der Waals surface area contributed by atoms with Gasteiger partial charge in [-0.3, -0.25) is 4.79 Å². The number of hydrogen-bond acceptors (Lipinski definition) is 4. The molecule has 2 aromatic carbocycles. The number of amides is 1. The van der Waals surface area contributed by atoms with Crippen molar-refractivity contribution in [1.29, 1.82) is 0 Å². The third-order valence-corrected chi connectivity index (χ3v) is 5.90. The molecule has 1 amide bonds. The predicted octanol–water partition coefficient (Wildman–Crippen LogP) is 5.31. The number of aromatic nitrogens is 1. The summed E-state index contributed by atoms with van der Waals surface area (Å²) in [7, 11) is 0. The second-order valence-corrected chi connectivity index (χ2v) is 8.17. The lowest BCUT2D eigenvalue weighted by Crippen LogP contribution is -2.39. The van der Waals surface area contributed by atoms with E-state index in [4.69, 9.17) is 20.9 Å². The van der Waals surface area contributed by atoms with Gasteiger partial charge in [0.2, 0.25) is 0 Å². The van der Waals surface area contributed by atoms with Crippen molar-refractivity contribution >= 4 is 17.5 Å². The Morgan fingerprint density at radius 3 is 2.53 bits per heavy atom. The Labute approximate surface area is 181 Å². The van der Waals surface area contributed by atoms with E-state index in [0.29, 0.717) is 33.7 Å². The number of rotatable bonds is 6. The summed E-state index contributed by atoms with van der Waals surface area (Å²) in [5, 5.41) is 4.68. The number of piperidine rings is 1. The molecule has 156 valence electrons. The van der Waals surface area contributed by atoms with Gasteiger partial charge in [-0.25, -0.2) is 0 Å². The number of benzene rings is 2. The van der Waals surface area contributed by atoms with E-state index in [-0.39, 0.29) is 12.5 Å². The molecule has 0 bridgehead atoms. The van der Waals surface area contributed by atoms with Crippen molar-refractivity contribution in [3.8, 4) is 5.75 Å². The maximum Gasteiger partial charge on any atom is 0.276 e. The van der Waals surface area contributed by atoms with Crippen LogP contribution in [0, 0.1) is 12.8 Å². The van der Waals surface area contributed by atoms with Crippen LogP contribution in [0.4, 0.5) is 0 Å². The highest BCUT2D eigenvalue weighted by Crippen LogP contribution is 2.25. The zero-order chi connectivity index (χ0) is 20.9. The van der Waals surface area contributed by atoms with E-state index < -0.39 is 0 Å². The third kappa shape index (κ3) is 4.85. The molecular weight excluding hydrogens is 400 g/mol. The van der Waals surface area contributed by atoms with Crippen LogP contribution in [0.5, 0.6) is 5.75 Å². The summed E-state index contributed by atoms with van der Waals surface area (Å²) in [5.41, 5.74) is 2.40. The van der Waals surface area contributed by atoms with Crippen LogP contribution in [0.25, 0.3) is 0 Å². The van der Waals surface area contributed by atoms with Crippen molar-refractivity contribution in [1.82, 2.24) is 10.1 Å². The van der Waals surface area contributed by atoms with Gasteiger partial charge < -0.3 is 14.2 Å². The van der Waals surface area contributed by atoms with Crippen molar-refractivity contribution in [3.05, 3.63) is 82.2 Å². The van der Waals surface area contributed by atoms with Gasteiger partial charge in [0, 0.05) is 18.1 Å². The van der Waals surface area contributed by atoms with E-state index in [1.165, 1.54) is 5.56 Å². The molecule has 0 unspecified atom stereocenters. The number of aryl methyl sites for hydroxylation is 1. The second-order valence-electron chi connectivity index (χ2n) is 7.73. The van der Waals surface area contributed by atoms with Gasteiger partial charge in [-0.1, -0.05) is 47.1 Å². The van der Waals surface area contributed by atoms with E-state index in [0.717, 1.165) is 32.4 Å². The molecule has 1 aliphatic rings. The molecule has 0 aliphatic carbocycles. The number of hydrogen-bond donors (Lipinski definition) is 0. The van der Waals surface area contributed by atoms with Gasteiger partial charge in [-0.2, -0.15) is 0 Å². The SMILES string of the molecule is Cc1onc(C(=O)N2CCC(Cc3ccccc3)CC2)c1COc1ccc(Cl)cc1. The van der Waals surface area contributed by atoms with Gasteiger partial charge in [0.15, 0.2) is 5.69 Å². The molecule has 1 saturated heterocycles. The summed E-state index contributed by atoms with van der Waals surface area (Å²) >= 11 is 5.91. The van der Waals surface area contributed by atoms with Crippen molar-refractivity contribution < 1.29 is 14.1 Å². The topological polar surface area (TPSA) is 55.6 Å². The monoisotopic (exact) mass is 424 g/mol. The molecule has 0 atom stereocenters. The van der Waals surface area contributed by atoms with Crippen LogP contribution in [0.1, 0.15) is 40.2 Å². The molecule has 4 rings (SSSR count). The average Bonchev–Trinajstić information content (AvgIpc) is 3.14. The third-order valence-electron chi connectivity index (χ3n) is 5.65. The average molecular weight is 425 g/mol. The zero-order valence-electron chi connectivity index (χ0n) is 17.0. The second kappa shape index (κ2) is 9.35. The molecule has 1 aromatic heterocycles. The lowest BCUT2D eigenvalue weighted by Gasteiger charge is -2.31. The Hall–Kier alpha value is -2.79. The smallest absolute Gasteiger partial charge is 0.276 e. The van der Waals surface area contributed by atoms with Crippen LogP contribution in [0.2, 0.25) is 5.02 Å². The quantitative estimate of drug-likeness (QED) is 0.538. The maximum absolute atomic E-state index is 13.1. The maximum atomic E-state index is 13.1. The number of halogens is 1. The minimum Gasteiger partial charge on any atom is -0.489 e. The highest BCUT2D eigenvalue weighted by Gasteiger charge is 2.28. The van der Waals surface area contributed by atoms with Gasteiger partial charge in [0.25, 0.3) is 5.91 Å². The lowest BCUT2D eigenvalue weighted by molar-refractivity contribution is 0.0677. The first-order valence-electron chi connectivity index (χ1n) is 10.3. The summed E-state index contributed by atoms with van der Waals surface area (Å²) in [5.74, 6) is 1.80. The van der Waals surface area contributed by atoms with E-state index >= 15 is 0 Å². The molecule has 6 heteroatoms. The van der Waals surface area contributed by atoms with Gasteiger partial charge in [-0.05, 0) is 61.9 Å². The minimum atomic E-state index is -0.0836. The summed E-state index contributed by atoms with van der Waals surface area (Å²) < 4.78 is 11.1. The Morgan fingerprint density at radius 1 is 1.13 bits per heavy atom. The molecule has 0 spiro atoms. The zero-order valence-corrected chi connectivity index (χ0v) is 17.8. The van der Waals surface area contributed by atoms with Crippen molar-refractivity contribution in [3.63, 3.8) is 0 Å². The Morgan fingerprint density at radius 2 is 1.83 bits per heavy atom. The molecule has 0 radical (unpaired) electrons. The van der Waals surface area contributed by atoms with Crippen LogP contribution in [-0.2, 0) is 13.0 Å². The van der Waals surface area contributed by atoms with E-state index in [1.54, 1.807) is 31.2 Å². The molecule has 30 heavy (non-hydrogen) atoms. The van der Waals surface area contributed by atoms with Crippen molar-refractivity contribution in [2.45, 2.75) is 32.8 Å². The van der Waals surface area contributed by atoms with Crippen LogP contribution in [0.3, 0.4) is 0 Å². The molecule has 5 nitrogen and oxygen atoms in total. The van der Waals surface area contributed by atoms with E-state index in [2.05, 4.69) is 29.4 Å². The number of ether oxygens (including phenoxy) is 1. The first-order valence-corrected chi connectivity index (χ1v) is 10.6. The summed E-state index contributed by atoms with van der Waals surface area (Å²) in [6.07, 6.45) is 3.05. The number of nitrogens with zero attached hydrogens (tertiary/aromatic N) is 2. The highest BCUT2D eigenvalue weighted by atomic mass is 35.5. The van der Waals surface area contributed by atoms with Crippen molar-refractivity contribution in [2.24, 2.45) is 5.92 Å². The van der Waals surface area contributed by atoms with Gasteiger partial charge >= 0.3 is 0 Å². The van der Waals surface area contributed by atoms with Gasteiger partial charge in [-0.15, -0.1) is 0 Å². The molecule has 0 N–H and O–H groups in total. The Kier molecular flexibility index (Phi) is 6.38. The van der Waals surface area contributed by atoms with E-state index in [9.17, 15) is 4.79 Å². The normalized spacial score (nSPS) is 14.7. The van der Waals surface area contributed by atoms with E-state index in [1.807, 2.05) is 11.0 Å². The fraction of sp³-hybridized carbons (Fsp3) is 0.333. The first kappa shape index (κ1) is 20.5. The van der Waals surface area contributed by atoms with Crippen LogP contribution in [0.15, 0.2) is 59.1 Å². The minimum absolute atomic E-state index is 0.0836. The van der Waals surface area contributed by atoms with Gasteiger partial charge in [0.1, 0.15) is 18.1 Å². The summed E-state index contributed by atoms with van der Waals surface area (Å²) in [4.78, 5) is 15.0. The van der Waals surface area contributed by atoms with Crippen LogP contribution in [-0.4, -0.2) is 29.1 Å². The molecule has 0 saturated carbocycles. The fourth-order valence-electron chi connectivity index (χ4n) is 3.85. The molecular formula is C24H25ClN2O3. The predicted molar refractivity (Wildman–Crippen MR) is 116 cm³/mol. The van der Waals surface area contributed by atoms with Gasteiger partial charge in [0.05, 0.1) is 5.56 Å². The van der Waals surface area contributed by atoms with Crippen LogP contribution >= 0.6 is 11.6 Å². The van der Waals surface area contributed by atoms with Crippen LogP contribution < -0.4 is 4.74 Å². The summed E-state index contributed by atoms with van der Waals surface area (Å²) in [6.45, 7) is 3.50. The molecule has 2 heterocycles. The number of carbonyl (C=O) groups excluding carboxylic acids is 1. The Bertz CT molecular complexity index is 977. The first-order chi connectivity index (χ1) is 14.6. The van der Waals surface area contributed by atoms with Crippen molar-refractivity contribution in [2.75, 3.05) is 13.1 Å². The molecule has 1 fully saturated rings. The standard InChI is InChI=1S/C24H25ClN2O3/c1-17-22(16-29-21-9-7-20(25)8-10-21)23(26-30-17)24(28)27-13-11-19(12-14-27)15-18-5-3-2-4-6-18/h2-10,19H,11-16H2,1H3.